The van der Waals surface area contributed by atoms with Crippen molar-refractivity contribution >= 4 is 47.8 Å². The van der Waals surface area contributed by atoms with Crippen molar-refractivity contribution in [3.05, 3.63) is 0 Å². The smallest absolute Gasteiger partial charge is 0.334 e. The van der Waals surface area contributed by atoms with Crippen LogP contribution >= 0.6 is 0 Å². The summed E-state index contributed by atoms with van der Waals surface area (Å²) in [4.78, 5) is 92.1. The van der Waals surface area contributed by atoms with Crippen molar-refractivity contribution in [2.45, 2.75) is 57.8 Å². The minimum absolute atomic E-state index is 0.0784. The van der Waals surface area contributed by atoms with Crippen LogP contribution in [0, 0.1) is 22.7 Å². The molecule has 2 unspecified atom stereocenters. The van der Waals surface area contributed by atoms with Crippen LogP contribution in [0.3, 0.4) is 0 Å². The monoisotopic (exact) mass is 536 g/mol. The Hall–Kier alpha value is -4.24. The largest absolute Gasteiger partial charge is 0.481 e. The summed E-state index contributed by atoms with van der Waals surface area (Å²) in [5, 5.41) is 74.2. The minimum atomic E-state index is -4.25. The Morgan fingerprint density at radius 2 is 0.919 bits per heavy atom. The molecule has 0 aromatic heterocycles. The van der Waals surface area contributed by atoms with Gasteiger partial charge in [-0.25, -0.2) is 0 Å². The fourth-order valence-corrected chi connectivity index (χ4v) is 4.10. The number of hydrogen-bond acceptors (Lipinski definition) is 8. The van der Waals surface area contributed by atoms with E-state index in [-0.39, 0.29) is 38.5 Å². The van der Waals surface area contributed by atoms with E-state index < -0.39 is 89.7 Å². The molecule has 0 aliphatic heterocycles. The van der Waals surface area contributed by atoms with Crippen molar-refractivity contribution in [3.63, 3.8) is 0 Å². The number of carboxylic acids is 8. The number of unbranched alkanes of at least 4 members (excludes halogenated alkanes) is 3. The van der Waals surface area contributed by atoms with Gasteiger partial charge < -0.3 is 40.9 Å². The van der Waals surface area contributed by atoms with Crippen LogP contribution in [0.4, 0.5) is 0 Å². The summed E-state index contributed by atoms with van der Waals surface area (Å²) < 4.78 is 0. The molecule has 8 N–H and O–H groups in total. The van der Waals surface area contributed by atoms with Gasteiger partial charge in [0.15, 0.2) is 0 Å². The normalized spacial score (nSPS) is 13.2. The summed E-state index contributed by atoms with van der Waals surface area (Å²) in [6, 6.07) is 0. The van der Waals surface area contributed by atoms with Gasteiger partial charge in [-0.2, -0.15) is 0 Å². The van der Waals surface area contributed by atoms with E-state index in [1.807, 2.05) is 0 Å². The van der Waals surface area contributed by atoms with Crippen molar-refractivity contribution < 1.29 is 79.2 Å². The second-order valence-corrected chi connectivity index (χ2v) is 8.37. The molecule has 16 nitrogen and oxygen atoms in total. The zero-order chi connectivity index (χ0) is 29.1. The highest BCUT2D eigenvalue weighted by atomic mass is 16.4. The van der Waals surface area contributed by atoms with Crippen LogP contribution in [0.1, 0.15) is 57.8 Å². The van der Waals surface area contributed by atoms with Crippen LogP contribution in [0.2, 0.25) is 0 Å². The Kier molecular flexibility index (Phi) is 12.2. The molecule has 0 aromatic rings. The molecule has 0 saturated carbocycles. The van der Waals surface area contributed by atoms with Crippen LogP contribution in [-0.2, 0) is 38.4 Å². The van der Waals surface area contributed by atoms with Gasteiger partial charge in [0.05, 0.1) is 11.8 Å². The average Bonchev–Trinajstić information content (AvgIpc) is 2.74. The third-order valence-corrected chi connectivity index (χ3v) is 6.16. The van der Waals surface area contributed by atoms with Crippen LogP contribution in [0.5, 0.6) is 0 Å². The predicted molar refractivity (Wildman–Crippen MR) is 114 cm³/mol. The van der Waals surface area contributed by atoms with Gasteiger partial charge in [0, 0.05) is 6.42 Å². The maximum atomic E-state index is 11.8. The molecule has 0 bridgehead atoms. The number of hydrogen-bond donors (Lipinski definition) is 8. The number of aliphatic carboxylic acids is 8. The molecule has 0 aliphatic carbocycles. The van der Waals surface area contributed by atoms with E-state index in [2.05, 4.69) is 0 Å². The van der Waals surface area contributed by atoms with Gasteiger partial charge in [-0.3, -0.25) is 38.4 Å². The number of carbonyl (C=O) groups is 8. The van der Waals surface area contributed by atoms with E-state index in [0.29, 0.717) is 0 Å². The second kappa shape index (κ2) is 13.7. The van der Waals surface area contributed by atoms with Gasteiger partial charge in [-0.1, -0.05) is 25.7 Å². The molecule has 37 heavy (non-hydrogen) atoms. The zero-order valence-corrected chi connectivity index (χ0v) is 19.4. The molecule has 0 heterocycles. The van der Waals surface area contributed by atoms with Gasteiger partial charge in [0.25, 0.3) is 5.41 Å². The van der Waals surface area contributed by atoms with Crippen LogP contribution in [-0.4, -0.2) is 88.6 Å². The second-order valence-electron chi connectivity index (χ2n) is 8.37. The van der Waals surface area contributed by atoms with E-state index in [1.54, 1.807) is 0 Å². The first kappa shape index (κ1) is 32.8. The lowest BCUT2D eigenvalue weighted by atomic mass is 9.60. The Bertz CT molecular complexity index is 885. The van der Waals surface area contributed by atoms with Gasteiger partial charge in [-0.05, 0) is 25.7 Å². The summed E-state index contributed by atoms with van der Waals surface area (Å²) in [5.41, 5.74) is -8.03. The first-order valence-electron chi connectivity index (χ1n) is 10.8. The molecule has 0 aliphatic rings. The van der Waals surface area contributed by atoms with Crippen LogP contribution < -0.4 is 0 Å². The van der Waals surface area contributed by atoms with Crippen molar-refractivity contribution in [2.24, 2.45) is 22.7 Å². The Balaban J connectivity index is 5.46. The van der Waals surface area contributed by atoms with Gasteiger partial charge in [0.2, 0.25) is 5.41 Å². The maximum absolute atomic E-state index is 11.8. The van der Waals surface area contributed by atoms with Crippen LogP contribution in [0.25, 0.3) is 0 Å². The summed E-state index contributed by atoms with van der Waals surface area (Å²) in [5.74, 6) is -19.4. The van der Waals surface area contributed by atoms with E-state index in [9.17, 15) is 74.1 Å². The summed E-state index contributed by atoms with van der Waals surface area (Å²) in [6.45, 7) is 0. The van der Waals surface area contributed by atoms with Crippen LogP contribution in [0.15, 0.2) is 0 Å². The van der Waals surface area contributed by atoms with E-state index in [4.69, 9.17) is 5.11 Å². The molecule has 16 heteroatoms. The Morgan fingerprint density at radius 3 is 1.27 bits per heavy atom. The lowest BCUT2D eigenvalue weighted by Crippen LogP contribution is -2.65. The predicted octanol–water partition coefficient (Wildman–Crippen LogP) is 0.379. The third kappa shape index (κ3) is 7.37. The fraction of sp³-hybridized carbons (Fsp3) is 0.619. The number of carboxylic acid groups (broad SMARTS) is 8. The van der Waals surface area contributed by atoms with E-state index in [0.717, 1.165) is 0 Å². The molecule has 2 atom stereocenters. The summed E-state index contributed by atoms with van der Waals surface area (Å²) >= 11 is 0. The van der Waals surface area contributed by atoms with Gasteiger partial charge >= 0.3 is 47.8 Å². The van der Waals surface area contributed by atoms with Gasteiger partial charge in [-0.15, -0.1) is 0 Å². The number of rotatable bonds is 20. The van der Waals surface area contributed by atoms with Gasteiger partial charge in [0.1, 0.15) is 0 Å². The first-order chi connectivity index (χ1) is 17.0. The molecule has 0 spiro atoms. The average molecular weight is 536 g/mol. The van der Waals surface area contributed by atoms with E-state index >= 15 is 0 Å². The molecule has 0 radical (unpaired) electrons. The molecular weight excluding hydrogens is 508 g/mol. The highest BCUT2D eigenvalue weighted by Crippen LogP contribution is 2.46. The molecular formula is C21H28O16. The topological polar surface area (TPSA) is 298 Å². The molecule has 0 rings (SSSR count). The first-order valence-corrected chi connectivity index (χ1v) is 10.8. The molecule has 0 fully saturated rings. The highest BCUT2D eigenvalue weighted by Gasteiger charge is 2.76. The van der Waals surface area contributed by atoms with Crippen molar-refractivity contribution in [2.75, 3.05) is 0 Å². The molecule has 0 saturated heterocycles. The third-order valence-electron chi connectivity index (χ3n) is 6.16. The van der Waals surface area contributed by atoms with Crippen molar-refractivity contribution in [1.29, 1.82) is 0 Å². The maximum Gasteiger partial charge on any atom is 0.334 e. The lowest BCUT2D eigenvalue weighted by molar-refractivity contribution is -0.203. The van der Waals surface area contributed by atoms with E-state index in [1.165, 1.54) is 0 Å². The fourth-order valence-electron chi connectivity index (χ4n) is 4.10. The quantitative estimate of drug-likeness (QED) is 0.0770. The Labute approximate surface area is 208 Å². The lowest BCUT2D eigenvalue weighted by Gasteiger charge is -2.35. The summed E-state index contributed by atoms with van der Waals surface area (Å²) in [7, 11) is 0. The Morgan fingerprint density at radius 1 is 0.514 bits per heavy atom. The highest BCUT2D eigenvalue weighted by molar-refractivity contribution is 6.24. The SMILES string of the molecule is O=C(O)CCC(CC(CCCCCCC(C(=O)O)(C(=O)O)C(C(=O)O)(C(=O)O)C(=O)O)C(=O)O)C(=O)O. The molecule has 0 aromatic carbocycles. The molecule has 208 valence electrons. The zero-order valence-electron chi connectivity index (χ0n) is 19.4. The summed E-state index contributed by atoms with van der Waals surface area (Å²) in [6.07, 6.45) is -2.77. The van der Waals surface area contributed by atoms with Crippen molar-refractivity contribution in [3.8, 4) is 0 Å². The van der Waals surface area contributed by atoms with Crippen molar-refractivity contribution in [1.82, 2.24) is 0 Å². The molecule has 0 amide bonds. The standard InChI is InChI=1S/C21H28O16/c22-12(23)7-6-11(14(26)27)9-10(13(24)25)5-3-1-2-4-8-20(15(28)29,16(30)31)21(17(32)33,18(34)35)19(36)37/h10-11H,1-9H2,(H,22,23)(H,24,25)(H,26,27)(H,28,29)(H,30,31)(H,32,33)(H,34,35)(H,36,37). The minimum Gasteiger partial charge on any atom is -0.481 e.